The molecule has 1 spiro atoms. The fourth-order valence-electron chi connectivity index (χ4n) is 4.20. The standard InChI is InChI=1S/C21H24N2O4S.C2HF3O2/c1-16-5-4-6-17(11-16)20(24)23-14-21(15-23)18(8-10-28(21,25)26)12-27-13-19-7-2-3-9-22-19;3-2(4,5)1(6)7/h2-7,9,11,18H,8,10,12-15H2,1H3;(H,6,7). The van der Waals surface area contributed by atoms with Crippen LogP contribution in [0.1, 0.15) is 28.0 Å². The van der Waals surface area contributed by atoms with Gasteiger partial charge in [-0.25, -0.2) is 13.2 Å². The Balaban J connectivity index is 0.000000429. The lowest BCUT2D eigenvalue weighted by molar-refractivity contribution is -0.192. The quantitative estimate of drug-likeness (QED) is 0.653. The SMILES string of the molecule is Cc1cccc(C(=O)N2CC3(C2)C(COCc2ccccn2)CCS3(=O)=O)c1.O=C(O)C(F)(F)F. The average Bonchev–Trinajstić information content (AvgIpc) is 3.03. The summed E-state index contributed by atoms with van der Waals surface area (Å²) in [6.45, 7) is 3.16. The highest BCUT2D eigenvalue weighted by Crippen LogP contribution is 2.45. The molecule has 2 aliphatic rings. The first-order valence-corrected chi connectivity index (χ1v) is 12.4. The van der Waals surface area contributed by atoms with Crippen molar-refractivity contribution in [3.05, 3.63) is 65.5 Å². The molecule has 35 heavy (non-hydrogen) atoms. The number of rotatable bonds is 5. The number of alkyl halides is 3. The molecule has 0 saturated carbocycles. The summed E-state index contributed by atoms with van der Waals surface area (Å²) in [5.74, 6) is -2.79. The van der Waals surface area contributed by atoms with E-state index in [0.717, 1.165) is 11.3 Å². The predicted molar refractivity (Wildman–Crippen MR) is 119 cm³/mol. The number of hydrogen-bond donors (Lipinski definition) is 1. The molecule has 1 amide bonds. The van der Waals surface area contributed by atoms with Gasteiger partial charge in [-0.15, -0.1) is 0 Å². The van der Waals surface area contributed by atoms with Gasteiger partial charge in [0.1, 0.15) is 4.75 Å². The minimum atomic E-state index is -5.08. The van der Waals surface area contributed by atoms with Crippen molar-refractivity contribution < 1.29 is 41.0 Å². The molecule has 1 aromatic carbocycles. The monoisotopic (exact) mass is 514 g/mol. The maximum atomic E-state index is 12.8. The zero-order valence-corrected chi connectivity index (χ0v) is 19.7. The van der Waals surface area contributed by atoms with Crippen LogP contribution in [0.15, 0.2) is 48.7 Å². The molecular formula is C23H25F3N2O6S. The van der Waals surface area contributed by atoms with E-state index in [1.54, 1.807) is 17.2 Å². The number of carboxylic acids is 1. The molecule has 2 aliphatic heterocycles. The van der Waals surface area contributed by atoms with Crippen molar-refractivity contribution in [2.45, 2.75) is 30.9 Å². The molecule has 0 bridgehead atoms. The van der Waals surface area contributed by atoms with Gasteiger partial charge in [0.05, 0.1) is 24.7 Å². The zero-order valence-electron chi connectivity index (χ0n) is 18.9. The second-order valence-corrected chi connectivity index (χ2v) is 11.0. The molecule has 2 saturated heterocycles. The van der Waals surface area contributed by atoms with Gasteiger partial charge < -0.3 is 14.7 Å². The topological polar surface area (TPSA) is 114 Å². The number of hydrogen-bond acceptors (Lipinski definition) is 6. The van der Waals surface area contributed by atoms with E-state index in [0.29, 0.717) is 25.2 Å². The maximum absolute atomic E-state index is 12.8. The Labute approximate surface area is 200 Å². The van der Waals surface area contributed by atoms with Crippen LogP contribution in [0.4, 0.5) is 13.2 Å². The fraction of sp³-hybridized carbons (Fsp3) is 0.435. The van der Waals surface area contributed by atoms with Crippen molar-refractivity contribution in [1.29, 1.82) is 0 Å². The number of aliphatic carboxylic acids is 1. The molecule has 1 atom stereocenters. The van der Waals surface area contributed by atoms with Crippen molar-refractivity contribution in [1.82, 2.24) is 9.88 Å². The summed E-state index contributed by atoms with van der Waals surface area (Å²) in [7, 11) is -3.24. The van der Waals surface area contributed by atoms with E-state index in [4.69, 9.17) is 14.6 Å². The summed E-state index contributed by atoms with van der Waals surface area (Å²) in [6.07, 6.45) is -2.79. The van der Waals surface area contributed by atoms with Crippen LogP contribution >= 0.6 is 0 Å². The molecule has 2 fully saturated rings. The largest absolute Gasteiger partial charge is 0.490 e. The van der Waals surface area contributed by atoms with Crippen molar-refractivity contribution in [3.63, 3.8) is 0 Å². The summed E-state index contributed by atoms with van der Waals surface area (Å²) in [4.78, 5) is 27.5. The van der Waals surface area contributed by atoms with Crippen LogP contribution in [0, 0.1) is 12.8 Å². The van der Waals surface area contributed by atoms with Crippen LogP contribution < -0.4 is 0 Å². The number of aryl methyl sites for hydroxylation is 1. The number of pyridine rings is 1. The van der Waals surface area contributed by atoms with Gasteiger partial charge >= 0.3 is 12.1 Å². The van der Waals surface area contributed by atoms with Gasteiger partial charge in [-0.3, -0.25) is 9.78 Å². The van der Waals surface area contributed by atoms with E-state index in [2.05, 4.69) is 4.98 Å². The molecule has 190 valence electrons. The second kappa shape index (κ2) is 10.3. The number of carboxylic acid groups (broad SMARTS) is 1. The maximum Gasteiger partial charge on any atom is 0.490 e. The first-order chi connectivity index (χ1) is 16.4. The molecule has 8 nitrogen and oxygen atoms in total. The Hall–Kier alpha value is -2.99. The number of likely N-dealkylation sites (tertiary alicyclic amines) is 1. The van der Waals surface area contributed by atoms with Crippen molar-refractivity contribution >= 4 is 21.7 Å². The highest BCUT2D eigenvalue weighted by molar-refractivity contribution is 7.93. The molecule has 1 unspecified atom stereocenters. The van der Waals surface area contributed by atoms with E-state index in [1.165, 1.54) is 0 Å². The van der Waals surface area contributed by atoms with Crippen LogP contribution in [0.2, 0.25) is 0 Å². The van der Waals surface area contributed by atoms with E-state index >= 15 is 0 Å². The Morgan fingerprint density at radius 3 is 2.46 bits per heavy atom. The Morgan fingerprint density at radius 2 is 1.89 bits per heavy atom. The lowest BCUT2D eigenvalue weighted by Crippen LogP contribution is -2.68. The summed E-state index contributed by atoms with van der Waals surface area (Å²) in [5.41, 5.74) is 2.44. The Kier molecular flexibility index (Phi) is 7.85. The number of carbonyl (C=O) groups is 2. The molecule has 12 heteroatoms. The third kappa shape index (κ3) is 5.99. The van der Waals surface area contributed by atoms with Crippen molar-refractivity contribution in [2.75, 3.05) is 25.4 Å². The minimum Gasteiger partial charge on any atom is -0.475 e. The minimum absolute atomic E-state index is 0.0947. The number of ether oxygens (including phenoxy) is 1. The van der Waals surface area contributed by atoms with E-state index in [9.17, 15) is 26.4 Å². The number of amides is 1. The zero-order chi connectivity index (χ0) is 25.9. The molecule has 1 N–H and O–H groups in total. The molecule has 1 aromatic heterocycles. The summed E-state index contributed by atoms with van der Waals surface area (Å²) in [5, 5.41) is 7.12. The second-order valence-electron chi connectivity index (χ2n) is 8.54. The van der Waals surface area contributed by atoms with E-state index in [-0.39, 0.29) is 30.7 Å². The van der Waals surface area contributed by atoms with Crippen LogP contribution in [-0.2, 0) is 26.0 Å². The first kappa shape index (κ1) is 26.6. The lowest BCUT2D eigenvalue weighted by atomic mass is 9.83. The number of nitrogens with zero attached hydrogens (tertiary/aromatic N) is 2. The lowest BCUT2D eigenvalue weighted by Gasteiger charge is -2.49. The smallest absolute Gasteiger partial charge is 0.475 e. The van der Waals surface area contributed by atoms with E-state index < -0.39 is 26.7 Å². The van der Waals surface area contributed by atoms with Gasteiger partial charge in [0, 0.05) is 30.8 Å². The molecule has 0 radical (unpaired) electrons. The van der Waals surface area contributed by atoms with Gasteiger partial charge in [-0.2, -0.15) is 13.2 Å². The number of benzene rings is 1. The Bertz CT molecular complexity index is 1170. The fourth-order valence-corrected chi connectivity index (χ4v) is 6.60. The van der Waals surface area contributed by atoms with Crippen molar-refractivity contribution in [3.8, 4) is 0 Å². The van der Waals surface area contributed by atoms with Crippen LogP contribution in [0.25, 0.3) is 0 Å². The van der Waals surface area contributed by atoms with Gasteiger partial charge in [0.25, 0.3) is 5.91 Å². The molecule has 2 aromatic rings. The number of carbonyl (C=O) groups excluding carboxylic acids is 1. The Morgan fingerprint density at radius 1 is 1.20 bits per heavy atom. The molecule has 4 rings (SSSR count). The number of sulfone groups is 1. The van der Waals surface area contributed by atoms with Gasteiger partial charge in [-0.05, 0) is 37.6 Å². The van der Waals surface area contributed by atoms with Crippen LogP contribution in [-0.4, -0.2) is 71.7 Å². The third-order valence-electron chi connectivity index (χ3n) is 6.11. The summed E-state index contributed by atoms with van der Waals surface area (Å²) >= 11 is 0. The number of aromatic nitrogens is 1. The molecular weight excluding hydrogens is 489 g/mol. The van der Waals surface area contributed by atoms with Gasteiger partial charge in [-0.1, -0.05) is 23.8 Å². The highest BCUT2D eigenvalue weighted by atomic mass is 32.2. The summed E-state index contributed by atoms with van der Waals surface area (Å²) in [6, 6.07) is 13.0. The highest BCUT2D eigenvalue weighted by Gasteiger charge is 2.62. The predicted octanol–water partition coefficient (Wildman–Crippen LogP) is 2.87. The number of halogens is 3. The average molecular weight is 515 g/mol. The molecule has 3 heterocycles. The summed E-state index contributed by atoms with van der Waals surface area (Å²) < 4.78 is 62.2. The van der Waals surface area contributed by atoms with Crippen LogP contribution in [0.3, 0.4) is 0 Å². The van der Waals surface area contributed by atoms with Crippen molar-refractivity contribution in [2.24, 2.45) is 5.92 Å². The third-order valence-corrected chi connectivity index (χ3v) is 8.71. The normalized spacial score (nSPS) is 20.0. The first-order valence-electron chi connectivity index (χ1n) is 10.7. The van der Waals surface area contributed by atoms with E-state index in [1.807, 2.05) is 43.3 Å². The molecule has 0 aliphatic carbocycles. The van der Waals surface area contributed by atoms with Gasteiger partial charge in [0.15, 0.2) is 9.84 Å². The van der Waals surface area contributed by atoms with Crippen LogP contribution in [0.5, 0.6) is 0 Å². The van der Waals surface area contributed by atoms with Gasteiger partial charge in [0.2, 0.25) is 0 Å².